The van der Waals surface area contributed by atoms with Crippen molar-refractivity contribution in [2.45, 2.75) is 44.4 Å². The number of aryl methyl sites for hydroxylation is 2. The molecular formula is C16H23NO3S. The van der Waals surface area contributed by atoms with Gasteiger partial charge in [-0.15, -0.1) is 0 Å². The quantitative estimate of drug-likeness (QED) is 0.929. The van der Waals surface area contributed by atoms with Crippen LogP contribution in [0.25, 0.3) is 0 Å². The average molecular weight is 309 g/mol. The maximum absolute atomic E-state index is 11.5. The van der Waals surface area contributed by atoms with Gasteiger partial charge in [-0.1, -0.05) is 6.42 Å². The van der Waals surface area contributed by atoms with Gasteiger partial charge < -0.3 is 4.74 Å². The molecule has 0 amide bonds. The number of ether oxygens (including phenoxy) is 1. The molecule has 0 aromatic heterocycles. The number of primary sulfonamides is 1. The molecule has 0 radical (unpaired) electrons. The number of nitrogens with two attached hydrogens (primary N) is 1. The minimum absolute atomic E-state index is 0.187. The van der Waals surface area contributed by atoms with Crippen LogP contribution in [-0.2, 0) is 10.0 Å². The molecule has 2 fully saturated rings. The first-order valence-electron chi connectivity index (χ1n) is 7.61. The number of hydrogen-bond acceptors (Lipinski definition) is 3. The van der Waals surface area contributed by atoms with E-state index < -0.39 is 10.0 Å². The Morgan fingerprint density at radius 3 is 2.52 bits per heavy atom. The molecule has 3 rings (SSSR count). The van der Waals surface area contributed by atoms with E-state index in [-0.39, 0.29) is 4.90 Å². The first-order valence-corrected chi connectivity index (χ1v) is 9.16. The van der Waals surface area contributed by atoms with Gasteiger partial charge in [-0.3, -0.25) is 0 Å². The van der Waals surface area contributed by atoms with Gasteiger partial charge in [0.25, 0.3) is 0 Å². The van der Waals surface area contributed by atoms with E-state index in [0.29, 0.717) is 11.5 Å². The van der Waals surface area contributed by atoms with Crippen molar-refractivity contribution < 1.29 is 13.2 Å². The van der Waals surface area contributed by atoms with Crippen molar-refractivity contribution in [1.29, 1.82) is 0 Å². The Kier molecular flexibility index (Phi) is 3.74. The Morgan fingerprint density at radius 2 is 1.95 bits per heavy atom. The van der Waals surface area contributed by atoms with Gasteiger partial charge in [-0.25, -0.2) is 13.6 Å². The first-order chi connectivity index (χ1) is 9.84. The fraction of sp³-hybridized carbons (Fsp3) is 0.625. The lowest BCUT2D eigenvalue weighted by Gasteiger charge is -2.22. The second-order valence-corrected chi connectivity index (χ2v) is 8.20. The van der Waals surface area contributed by atoms with E-state index in [4.69, 9.17) is 9.88 Å². The number of rotatable bonds is 4. The summed E-state index contributed by atoms with van der Waals surface area (Å²) in [6.07, 6.45) is 5.40. The molecular weight excluding hydrogens is 286 g/mol. The molecule has 2 N–H and O–H groups in total. The number of benzene rings is 1. The molecule has 21 heavy (non-hydrogen) atoms. The lowest BCUT2D eigenvalue weighted by Crippen LogP contribution is -2.19. The number of hydrogen-bond donors (Lipinski definition) is 1. The molecule has 2 saturated carbocycles. The summed E-state index contributed by atoms with van der Waals surface area (Å²) in [7, 11) is -3.67. The molecule has 1 aromatic rings. The van der Waals surface area contributed by atoms with E-state index in [1.165, 1.54) is 25.7 Å². The van der Waals surface area contributed by atoms with Crippen LogP contribution < -0.4 is 9.88 Å². The normalized spacial score (nSPS) is 28.0. The summed E-state index contributed by atoms with van der Waals surface area (Å²) in [6.45, 7) is 4.37. The van der Waals surface area contributed by atoms with Gasteiger partial charge in [0.05, 0.1) is 11.5 Å². The Hall–Kier alpha value is -1.07. The average Bonchev–Trinajstić information content (AvgIpc) is 3.00. The van der Waals surface area contributed by atoms with Crippen molar-refractivity contribution in [2.75, 3.05) is 6.61 Å². The van der Waals surface area contributed by atoms with Gasteiger partial charge in [0.2, 0.25) is 10.0 Å². The van der Waals surface area contributed by atoms with Gasteiger partial charge in [0, 0.05) is 0 Å². The highest BCUT2D eigenvalue weighted by atomic mass is 32.2. The summed E-state index contributed by atoms with van der Waals surface area (Å²) in [5.41, 5.74) is 1.47. The van der Waals surface area contributed by atoms with Crippen LogP contribution in [0.1, 0.15) is 36.8 Å². The molecule has 0 saturated heterocycles. The van der Waals surface area contributed by atoms with E-state index in [2.05, 4.69) is 0 Å². The minimum atomic E-state index is -3.67. The van der Waals surface area contributed by atoms with Crippen LogP contribution in [-0.4, -0.2) is 15.0 Å². The molecule has 2 bridgehead atoms. The molecule has 116 valence electrons. The first kappa shape index (κ1) is 14.9. The van der Waals surface area contributed by atoms with Crippen LogP contribution in [0.2, 0.25) is 0 Å². The van der Waals surface area contributed by atoms with Crippen LogP contribution in [0.4, 0.5) is 0 Å². The number of fused-ring (bicyclic) bond motifs is 2. The maximum atomic E-state index is 11.5. The fourth-order valence-electron chi connectivity index (χ4n) is 4.00. The monoisotopic (exact) mass is 309 g/mol. The van der Waals surface area contributed by atoms with E-state index in [9.17, 15) is 8.42 Å². The summed E-state index contributed by atoms with van der Waals surface area (Å²) in [6, 6.07) is 3.41. The summed E-state index contributed by atoms with van der Waals surface area (Å²) in [5.74, 6) is 3.19. The smallest absolute Gasteiger partial charge is 0.238 e. The van der Waals surface area contributed by atoms with Crippen molar-refractivity contribution in [2.24, 2.45) is 22.9 Å². The van der Waals surface area contributed by atoms with E-state index >= 15 is 0 Å². The molecule has 4 nitrogen and oxygen atoms in total. The fourth-order valence-corrected chi connectivity index (χ4v) is 4.85. The van der Waals surface area contributed by atoms with Gasteiger partial charge in [0.15, 0.2) is 0 Å². The van der Waals surface area contributed by atoms with Crippen LogP contribution in [0.15, 0.2) is 17.0 Å². The highest BCUT2D eigenvalue weighted by molar-refractivity contribution is 7.89. The Labute approximate surface area is 126 Å². The Morgan fingerprint density at radius 1 is 1.19 bits per heavy atom. The van der Waals surface area contributed by atoms with Crippen LogP contribution in [0, 0.1) is 31.6 Å². The zero-order chi connectivity index (χ0) is 15.2. The second kappa shape index (κ2) is 5.29. The SMILES string of the molecule is Cc1cc(S(N)(=O)=O)c(C)cc1OCC1CC2CCC1C2. The van der Waals surface area contributed by atoms with Crippen molar-refractivity contribution in [1.82, 2.24) is 0 Å². The molecule has 5 heteroatoms. The van der Waals surface area contributed by atoms with E-state index in [1.54, 1.807) is 19.1 Å². The van der Waals surface area contributed by atoms with Crippen LogP contribution in [0.3, 0.4) is 0 Å². The summed E-state index contributed by atoms with van der Waals surface area (Å²) >= 11 is 0. The zero-order valence-electron chi connectivity index (χ0n) is 12.6. The lowest BCUT2D eigenvalue weighted by atomic mass is 9.89. The Bertz CT molecular complexity index is 654. The molecule has 3 unspecified atom stereocenters. The van der Waals surface area contributed by atoms with Gasteiger partial charge in [-0.2, -0.15) is 0 Å². The van der Waals surface area contributed by atoms with Crippen molar-refractivity contribution in [3.05, 3.63) is 23.3 Å². The third kappa shape index (κ3) is 2.94. The van der Waals surface area contributed by atoms with Crippen molar-refractivity contribution >= 4 is 10.0 Å². The predicted octanol–water partition coefficient (Wildman–Crippen LogP) is 2.77. The molecule has 3 atom stereocenters. The molecule has 2 aliphatic carbocycles. The van der Waals surface area contributed by atoms with Crippen LogP contribution in [0.5, 0.6) is 5.75 Å². The third-order valence-corrected chi connectivity index (χ3v) is 6.17. The van der Waals surface area contributed by atoms with Crippen LogP contribution >= 0.6 is 0 Å². The summed E-state index contributed by atoms with van der Waals surface area (Å²) in [4.78, 5) is 0.187. The summed E-state index contributed by atoms with van der Waals surface area (Å²) < 4.78 is 29.0. The predicted molar refractivity (Wildman–Crippen MR) is 81.7 cm³/mol. The van der Waals surface area contributed by atoms with E-state index in [0.717, 1.165) is 29.8 Å². The zero-order valence-corrected chi connectivity index (χ0v) is 13.4. The molecule has 2 aliphatic rings. The topological polar surface area (TPSA) is 69.4 Å². The van der Waals surface area contributed by atoms with Gasteiger partial charge >= 0.3 is 0 Å². The molecule has 0 aliphatic heterocycles. The summed E-state index contributed by atoms with van der Waals surface area (Å²) in [5, 5.41) is 5.22. The molecule has 1 aromatic carbocycles. The van der Waals surface area contributed by atoms with Gasteiger partial charge in [0.1, 0.15) is 5.75 Å². The van der Waals surface area contributed by atoms with Gasteiger partial charge in [-0.05, 0) is 74.1 Å². The standard InChI is InChI=1S/C16H23NO3S/c1-10-6-16(21(17,18)19)11(2)5-15(10)20-9-14-8-12-3-4-13(14)7-12/h5-6,12-14H,3-4,7-9H2,1-2H3,(H2,17,18,19). The number of sulfonamides is 1. The lowest BCUT2D eigenvalue weighted by molar-refractivity contribution is 0.194. The molecule has 0 spiro atoms. The minimum Gasteiger partial charge on any atom is -0.493 e. The highest BCUT2D eigenvalue weighted by Crippen LogP contribution is 2.48. The highest BCUT2D eigenvalue weighted by Gasteiger charge is 2.39. The van der Waals surface area contributed by atoms with Crippen molar-refractivity contribution in [3.63, 3.8) is 0 Å². The maximum Gasteiger partial charge on any atom is 0.238 e. The van der Waals surface area contributed by atoms with Crippen molar-refractivity contribution in [3.8, 4) is 5.75 Å². The largest absolute Gasteiger partial charge is 0.493 e. The molecule has 0 heterocycles. The third-order valence-electron chi connectivity index (χ3n) is 5.12. The second-order valence-electron chi connectivity index (χ2n) is 6.67. The Balaban J connectivity index is 1.73. The van der Waals surface area contributed by atoms with E-state index in [1.807, 2.05) is 6.92 Å².